The highest BCUT2D eigenvalue weighted by molar-refractivity contribution is 7.92. The zero-order valence-electron chi connectivity index (χ0n) is 26.0. The lowest BCUT2D eigenvalue weighted by atomic mass is 9.87. The number of nitrogens with zero attached hydrogens (tertiary/aromatic N) is 2. The van der Waals surface area contributed by atoms with Gasteiger partial charge in [0.2, 0.25) is 21.8 Å². The predicted octanol–water partition coefficient (Wildman–Crippen LogP) is 5.76. The van der Waals surface area contributed by atoms with Gasteiger partial charge in [-0.3, -0.25) is 13.9 Å². The molecule has 4 rings (SSSR count). The second kappa shape index (κ2) is 13.8. The lowest BCUT2D eigenvalue weighted by Gasteiger charge is -2.34. The van der Waals surface area contributed by atoms with Crippen LogP contribution in [-0.4, -0.2) is 50.0 Å². The molecule has 0 saturated heterocycles. The molecular weight excluding hydrogens is 558 g/mol. The molecule has 0 spiro atoms. The molecule has 8 heteroatoms. The van der Waals surface area contributed by atoms with Crippen LogP contribution in [0, 0.1) is 6.92 Å². The summed E-state index contributed by atoms with van der Waals surface area (Å²) in [6.07, 6.45) is 5.40. The number of hydrogen-bond acceptors (Lipinski definition) is 4. The number of amides is 2. The van der Waals surface area contributed by atoms with Crippen LogP contribution < -0.4 is 9.62 Å². The number of anilines is 1. The van der Waals surface area contributed by atoms with Crippen molar-refractivity contribution in [2.75, 3.05) is 17.1 Å². The number of hydrogen-bond donors (Lipinski definition) is 1. The average molecular weight is 604 g/mol. The summed E-state index contributed by atoms with van der Waals surface area (Å²) in [5, 5.41) is 3.21. The minimum atomic E-state index is -3.81. The number of benzene rings is 3. The van der Waals surface area contributed by atoms with Crippen LogP contribution in [0.1, 0.15) is 68.7 Å². The SMILES string of the molecule is Cc1ccccc1CN(C(=O)CN(c1ccc(C(C)(C)C)cc1)S(C)(=O)=O)[C@H](Cc1ccccc1)C(=O)NC1CCCC1. The first-order chi connectivity index (χ1) is 20.3. The van der Waals surface area contributed by atoms with E-state index in [1.807, 2.05) is 73.7 Å². The summed E-state index contributed by atoms with van der Waals surface area (Å²) in [6.45, 7) is 8.01. The fourth-order valence-corrected chi connectivity index (χ4v) is 6.48. The molecule has 0 aromatic heterocycles. The van der Waals surface area contributed by atoms with E-state index in [2.05, 4.69) is 26.1 Å². The van der Waals surface area contributed by atoms with Gasteiger partial charge in [0.1, 0.15) is 12.6 Å². The monoisotopic (exact) mass is 603 g/mol. The summed E-state index contributed by atoms with van der Waals surface area (Å²) < 4.78 is 27.3. The minimum Gasteiger partial charge on any atom is -0.352 e. The van der Waals surface area contributed by atoms with Crippen LogP contribution >= 0.6 is 0 Å². The number of nitrogens with one attached hydrogen (secondary N) is 1. The van der Waals surface area contributed by atoms with E-state index in [9.17, 15) is 18.0 Å². The number of aryl methyl sites for hydroxylation is 1. The molecule has 1 saturated carbocycles. The fourth-order valence-electron chi connectivity index (χ4n) is 5.63. The first-order valence-corrected chi connectivity index (χ1v) is 16.9. The van der Waals surface area contributed by atoms with Crippen molar-refractivity contribution in [1.82, 2.24) is 10.2 Å². The van der Waals surface area contributed by atoms with Gasteiger partial charge in [0, 0.05) is 19.0 Å². The van der Waals surface area contributed by atoms with Crippen LogP contribution in [-0.2, 0) is 38.0 Å². The van der Waals surface area contributed by atoms with Crippen molar-refractivity contribution in [2.24, 2.45) is 0 Å². The van der Waals surface area contributed by atoms with Crippen molar-refractivity contribution < 1.29 is 18.0 Å². The summed E-state index contributed by atoms with van der Waals surface area (Å²) in [4.78, 5) is 29.9. The van der Waals surface area contributed by atoms with Gasteiger partial charge in [-0.2, -0.15) is 0 Å². The molecule has 1 N–H and O–H groups in total. The van der Waals surface area contributed by atoms with Crippen LogP contribution in [0.15, 0.2) is 78.9 Å². The van der Waals surface area contributed by atoms with Gasteiger partial charge in [0.05, 0.1) is 11.9 Å². The van der Waals surface area contributed by atoms with Gasteiger partial charge in [-0.1, -0.05) is 100 Å². The molecule has 1 fully saturated rings. The standard InChI is InChI=1S/C35H45N3O4S/c1-26-13-9-10-16-28(26)24-37(32(23-27-14-7-6-8-15-27)34(40)36-30-17-11-12-18-30)33(39)25-38(43(5,41)42)31-21-19-29(20-22-31)35(2,3)4/h6-10,13-16,19-22,30,32H,11-12,17-18,23-25H2,1-5H3,(H,36,40)/t32-/m1/s1. The van der Waals surface area contributed by atoms with Crippen molar-refractivity contribution in [3.63, 3.8) is 0 Å². The second-order valence-corrected chi connectivity index (χ2v) is 14.6. The Morgan fingerprint density at radius 3 is 2.09 bits per heavy atom. The minimum absolute atomic E-state index is 0.0787. The molecule has 43 heavy (non-hydrogen) atoms. The van der Waals surface area contributed by atoms with Crippen molar-refractivity contribution in [1.29, 1.82) is 0 Å². The maximum absolute atomic E-state index is 14.3. The molecule has 1 aliphatic carbocycles. The quantitative estimate of drug-likeness (QED) is 0.302. The molecule has 230 valence electrons. The van der Waals surface area contributed by atoms with Crippen molar-refractivity contribution in [3.8, 4) is 0 Å². The Morgan fingerprint density at radius 1 is 0.907 bits per heavy atom. The Kier molecular flexibility index (Phi) is 10.3. The largest absolute Gasteiger partial charge is 0.352 e. The second-order valence-electron chi connectivity index (χ2n) is 12.7. The van der Waals surface area contributed by atoms with Crippen LogP contribution in [0.5, 0.6) is 0 Å². The van der Waals surface area contributed by atoms with Crippen LogP contribution in [0.3, 0.4) is 0 Å². The third-order valence-electron chi connectivity index (χ3n) is 8.28. The molecule has 0 aliphatic heterocycles. The van der Waals surface area contributed by atoms with E-state index in [4.69, 9.17) is 0 Å². The highest BCUT2D eigenvalue weighted by atomic mass is 32.2. The van der Waals surface area contributed by atoms with Crippen LogP contribution in [0.4, 0.5) is 5.69 Å². The summed E-state index contributed by atoms with van der Waals surface area (Å²) in [5.74, 6) is -0.644. The van der Waals surface area contributed by atoms with Gasteiger partial charge >= 0.3 is 0 Å². The van der Waals surface area contributed by atoms with E-state index in [1.54, 1.807) is 17.0 Å². The fraction of sp³-hybridized carbons (Fsp3) is 0.429. The molecule has 2 amide bonds. The van der Waals surface area contributed by atoms with E-state index >= 15 is 0 Å². The van der Waals surface area contributed by atoms with E-state index in [0.29, 0.717) is 12.1 Å². The van der Waals surface area contributed by atoms with Crippen molar-refractivity contribution in [2.45, 2.75) is 83.8 Å². The average Bonchev–Trinajstić information content (AvgIpc) is 3.47. The molecule has 0 unspecified atom stereocenters. The van der Waals surface area contributed by atoms with Gasteiger partial charge < -0.3 is 10.2 Å². The Morgan fingerprint density at radius 2 is 1.51 bits per heavy atom. The van der Waals surface area contributed by atoms with Gasteiger partial charge in [0.15, 0.2) is 0 Å². The van der Waals surface area contributed by atoms with E-state index in [0.717, 1.165) is 58.5 Å². The summed E-state index contributed by atoms with van der Waals surface area (Å²) in [7, 11) is -3.81. The van der Waals surface area contributed by atoms with E-state index in [1.165, 1.54) is 0 Å². The maximum atomic E-state index is 14.3. The van der Waals surface area contributed by atoms with E-state index in [-0.39, 0.29) is 23.9 Å². The predicted molar refractivity (Wildman–Crippen MR) is 173 cm³/mol. The van der Waals surface area contributed by atoms with Crippen molar-refractivity contribution in [3.05, 3.63) is 101 Å². The van der Waals surface area contributed by atoms with E-state index < -0.39 is 28.5 Å². The lowest BCUT2D eigenvalue weighted by Crippen LogP contribution is -2.54. The third kappa shape index (κ3) is 8.69. The molecule has 1 atom stereocenters. The Labute approximate surface area is 257 Å². The zero-order chi connectivity index (χ0) is 31.2. The third-order valence-corrected chi connectivity index (χ3v) is 9.42. The molecule has 0 heterocycles. The molecular formula is C35H45N3O4S. The molecule has 0 bridgehead atoms. The molecule has 3 aromatic carbocycles. The van der Waals surface area contributed by atoms with Gasteiger partial charge in [0.25, 0.3) is 0 Å². The van der Waals surface area contributed by atoms with Gasteiger partial charge in [-0.15, -0.1) is 0 Å². The van der Waals surface area contributed by atoms with Gasteiger partial charge in [-0.25, -0.2) is 8.42 Å². The van der Waals surface area contributed by atoms with Crippen LogP contribution in [0.25, 0.3) is 0 Å². The summed E-state index contributed by atoms with van der Waals surface area (Å²) in [6, 6.07) is 24.0. The Hall–Kier alpha value is -3.65. The maximum Gasteiger partial charge on any atom is 0.244 e. The normalized spacial score (nSPS) is 14.7. The Bertz CT molecular complexity index is 1490. The Balaban J connectivity index is 1.72. The first kappa shape index (κ1) is 32.3. The topological polar surface area (TPSA) is 86.8 Å². The lowest BCUT2D eigenvalue weighted by molar-refractivity contribution is -0.140. The molecule has 1 aliphatic rings. The van der Waals surface area contributed by atoms with Crippen LogP contribution in [0.2, 0.25) is 0 Å². The number of sulfonamides is 1. The highest BCUT2D eigenvalue weighted by Gasteiger charge is 2.34. The highest BCUT2D eigenvalue weighted by Crippen LogP contribution is 2.27. The van der Waals surface area contributed by atoms with Crippen molar-refractivity contribution >= 4 is 27.5 Å². The number of carbonyl (C=O) groups excluding carboxylic acids is 2. The molecule has 0 radical (unpaired) electrons. The first-order valence-electron chi connectivity index (χ1n) is 15.1. The number of rotatable bonds is 11. The molecule has 3 aromatic rings. The molecule has 7 nitrogen and oxygen atoms in total. The summed E-state index contributed by atoms with van der Waals surface area (Å²) >= 11 is 0. The van der Waals surface area contributed by atoms with Gasteiger partial charge in [-0.05, 0) is 59.6 Å². The smallest absolute Gasteiger partial charge is 0.244 e. The number of carbonyl (C=O) groups is 2. The summed E-state index contributed by atoms with van der Waals surface area (Å²) in [5.41, 5.74) is 4.19. The zero-order valence-corrected chi connectivity index (χ0v) is 26.9.